The second-order valence-electron chi connectivity index (χ2n) is 8.43. The molecule has 0 spiro atoms. The summed E-state index contributed by atoms with van der Waals surface area (Å²) < 4.78 is 5.65. The van der Waals surface area contributed by atoms with Crippen LogP contribution in [0.1, 0.15) is 53.5 Å². The van der Waals surface area contributed by atoms with Crippen LogP contribution in [0.4, 0.5) is 0 Å². The summed E-state index contributed by atoms with van der Waals surface area (Å²) in [5.41, 5.74) is 0.474. The third-order valence-electron chi connectivity index (χ3n) is 4.08. The summed E-state index contributed by atoms with van der Waals surface area (Å²) in [6, 6.07) is 9.46. The van der Waals surface area contributed by atoms with Gasteiger partial charge in [-0.1, -0.05) is 57.3 Å². The van der Waals surface area contributed by atoms with Gasteiger partial charge in [-0.3, -0.25) is 0 Å². The lowest BCUT2D eigenvalue weighted by Gasteiger charge is -2.38. The Balaban J connectivity index is 2.55. The van der Waals surface area contributed by atoms with Gasteiger partial charge in [0.25, 0.3) is 0 Å². The molecule has 6 heteroatoms. The van der Waals surface area contributed by atoms with E-state index in [1.165, 1.54) is 0 Å². The molecule has 28 heavy (non-hydrogen) atoms. The number of thiocarbonyl (C=S) groups is 1. The van der Waals surface area contributed by atoms with Crippen LogP contribution in [0.25, 0.3) is 11.4 Å². The Morgan fingerprint density at radius 3 is 2.18 bits per heavy atom. The van der Waals surface area contributed by atoms with Gasteiger partial charge in [0, 0.05) is 18.0 Å². The molecule has 1 N–H and O–H groups in total. The van der Waals surface area contributed by atoms with Crippen molar-refractivity contribution in [3.8, 4) is 11.4 Å². The van der Waals surface area contributed by atoms with E-state index in [4.69, 9.17) is 17.0 Å². The van der Waals surface area contributed by atoms with Crippen molar-refractivity contribution >= 4 is 23.2 Å². The molecule has 0 fully saturated rings. The first kappa shape index (κ1) is 22.0. The molecule has 0 unspecified atom stereocenters. The molecule has 1 heterocycles. The maximum atomic E-state index is 13.3. The fourth-order valence-electron chi connectivity index (χ4n) is 3.22. The molecule has 150 valence electrons. The third kappa shape index (κ3) is 5.58. The van der Waals surface area contributed by atoms with E-state index >= 15 is 0 Å². The largest absolute Gasteiger partial charge is 0.461 e. The van der Waals surface area contributed by atoms with E-state index in [9.17, 15) is 4.79 Å². The standard InChI is InChI=1S/C22H29N3O2S/c1-15(2)27-20(26)22(25-16(3)28,14-21(4,5)6)18-10-8-17(9-11-18)19-23-12-7-13-24-19/h7-13,15H,14H2,1-6H3,(H,25,28)/t22-/m1/s1. The maximum absolute atomic E-state index is 13.3. The van der Waals surface area contributed by atoms with Gasteiger partial charge >= 0.3 is 5.97 Å². The Morgan fingerprint density at radius 2 is 1.71 bits per heavy atom. The topological polar surface area (TPSA) is 64.1 Å². The fraction of sp³-hybridized carbons (Fsp3) is 0.455. The number of carbonyl (C=O) groups excluding carboxylic acids is 1. The Bertz CT molecular complexity index is 814. The number of aromatic nitrogens is 2. The van der Waals surface area contributed by atoms with Gasteiger partial charge in [-0.25, -0.2) is 14.8 Å². The average molecular weight is 400 g/mol. The summed E-state index contributed by atoms with van der Waals surface area (Å²) in [5.74, 6) is 0.310. The lowest BCUT2D eigenvalue weighted by atomic mass is 9.75. The minimum Gasteiger partial charge on any atom is -0.461 e. The molecular formula is C22H29N3O2S. The van der Waals surface area contributed by atoms with E-state index in [1.807, 2.05) is 38.1 Å². The highest BCUT2D eigenvalue weighted by molar-refractivity contribution is 7.80. The first-order valence-corrected chi connectivity index (χ1v) is 9.82. The van der Waals surface area contributed by atoms with Crippen LogP contribution < -0.4 is 5.32 Å². The molecule has 1 atom stereocenters. The predicted molar refractivity (Wildman–Crippen MR) is 116 cm³/mol. The molecule has 0 amide bonds. The van der Waals surface area contributed by atoms with Crippen LogP contribution in [0.15, 0.2) is 42.7 Å². The fourth-order valence-corrected chi connectivity index (χ4v) is 3.40. The number of rotatable bonds is 6. The molecule has 5 nitrogen and oxygen atoms in total. The van der Waals surface area contributed by atoms with E-state index in [0.29, 0.717) is 17.2 Å². The Morgan fingerprint density at radius 1 is 1.14 bits per heavy atom. The van der Waals surface area contributed by atoms with Crippen LogP contribution >= 0.6 is 12.2 Å². The average Bonchev–Trinajstić information content (AvgIpc) is 2.60. The van der Waals surface area contributed by atoms with E-state index in [-0.39, 0.29) is 17.5 Å². The van der Waals surface area contributed by atoms with Crippen LogP contribution in [0.5, 0.6) is 0 Å². The predicted octanol–water partition coefficient (Wildman–Crippen LogP) is 4.66. The van der Waals surface area contributed by atoms with Crippen molar-refractivity contribution in [3.05, 3.63) is 48.3 Å². The summed E-state index contributed by atoms with van der Waals surface area (Å²) in [4.78, 5) is 22.4. The van der Waals surface area contributed by atoms with Gasteiger partial charge in [-0.05, 0) is 44.2 Å². The quantitative estimate of drug-likeness (QED) is 0.563. The maximum Gasteiger partial charge on any atom is 0.336 e. The van der Waals surface area contributed by atoms with Crippen LogP contribution in [-0.2, 0) is 15.1 Å². The van der Waals surface area contributed by atoms with E-state index in [0.717, 1.165) is 11.1 Å². The van der Waals surface area contributed by atoms with E-state index in [1.54, 1.807) is 25.4 Å². The number of ether oxygens (including phenoxy) is 1. The van der Waals surface area contributed by atoms with E-state index in [2.05, 4.69) is 36.1 Å². The van der Waals surface area contributed by atoms with Crippen molar-refractivity contribution in [1.82, 2.24) is 15.3 Å². The van der Waals surface area contributed by atoms with Gasteiger partial charge in [0.05, 0.1) is 11.1 Å². The van der Waals surface area contributed by atoms with Crippen LogP contribution in [-0.4, -0.2) is 27.0 Å². The lowest BCUT2D eigenvalue weighted by molar-refractivity contribution is -0.157. The molecule has 0 aliphatic carbocycles. The number of hydrogen-bond donors (Lipinski definition) is 1. The summed E-state index contributed by atoms with van der Waals surface area (Å²) in [5, 5.41) is 3.26. The highest BCUT2D eigenvalue weighted by atomic mass is 32.1. The second-order valence-corrected chi connectivity index (χ2v) is 9.04. The van der Waals surface area contributed by atoms with Crippen molar-refractivity contribution in [2.75, 3.05) is 0 Å². The molecule has 1 aromatic heterocycles. The summed E-state index contributed by atoms with van der Waals surface area (Å²) >= 11 is 5.33. The molecule has 2 rings (SSSR count). The number of nitrogens with zero attached hydrogens (tertiary/aromatic N) is 2. The van der Waals surface area contributed by atoms with Crippen molar-refractivity contribution in [1.29, 1.82) is 0 Å². The highest BCUT2D eigenvalue weighted by Gasteiger charge is 2.45. The number of hydrogen-bond acceptors (Lipinski definition) is 5. The van der Waals surface area contributed by atoms with Crippen molar-refractivity contribution in [2.45, 2.75) is 59.6 Å². The molecular weight excluding hydrogens is 370 g/mol. The van der Waals surface area contributed by atoms with Crippen LogP contribution in [0.2, 0.25) is 0 Å². The highest BCUT2D eigenvalue weighted by Crippen LogP contribution is 2.37. The minimum atomic E-state index is -1.07. The molecule has 1 aromatic carbocycles. The molecule has 0 aliphatic rings. The smallest absolute Gasteiger partial charge is 0.336 e. The Kier molecular flexibility index (Phi) is 6.88. The molecule has 2 aromatic rings. The Labute approximate surface area is 172 Å². The zero-order valence-electron chi connectivity index (χ0n) is 17.4. The zero-order valence-corrected chi connectivity index (χ0v) is 18.3. The number of esters is 1. The van der Waals surface area contributed by atoms with Crippen molar-refractivity contribution in [3.63, 3.8) is 0 Å². The Hall–Kier alpha value is -2.34. The normalized spacial score (nSPS) is 13.7. The first-order chi connectivity index (χ1) is 13.0. The number of carbonyl (C=O) groups is 1. The van der Waals surface area contributed by atoms with Gasteiger partial charge in [0.2, 0.25) is 0 Å². The molecule has 0 aliphatic heterocycles. The first-order valence-electron chi connectivity index (χ1n) is 9.41. The van der Waals surface area contributed by atoms with Gasteiger partial charge in [0.15, 0.2) is 11.4 Å². The van der Waals surface area contributed by atoms with Gasteiger partial charge in [-0.15, -0.1) is 0 Å². The molecule has 0 saturated carbocycles. The molecule has 0 saturated heterocycles. The summed E-state index contributed by atoms with van der Waals surface area (Å²) in [6.45, 7) is 11.8. The van der Waals surface area contributed by atoms with Crippen molar-refractivity contribution in [2.24, 2.45) is 5.41 Å². The summed E-state index contributed by atoms with van der Waals surface area (Å²) in [7, 11) is 0. The number of benzene rings is 1. The van der Waals surface area contributed by atoms with E-state index < -0.39 is 5.54 Å². The monoisotopic (exact) mass is 399 g/mol. The van der Waals surface area contributed by atoms with Gasteiger partial charge in [-0.2, -0.15) is 0 Å². The van der Waals surface area contributed by atoms with Crippen LogP contribution in [0, 0.1) is 5.41 Å². The second kappa shape index (κ2) is 8.78. The molecule has 0 bridgehead atoms. The molecule has 0 radical (unpaired) electrons. The van der Waals surface area contributed by atoms with Crippen molar-refractivity contribution < 1.29 is 9.53 Å². The minimum absolute atomic E-state index is 0.144. The third-order valence-corrected chi connectivity index (χ3v) is 4.18. The zero-order chi connectivity index (χ0) is 20.9. The SMILES string of the molecule is CC(=S)N[C@@](CC(C)(C)C)(C(=O)OC(C)C)c1ccc(-c2ncccn2)cc1. The van der Waals surface area contributed by atoms with Gasteiger partial charge in [0.1, 0.15) is 0 Å². The van der Waals surface area contributed by atoms with Gasteiger partial charge < -0.3 is 10.1 Å². The number of nitrogens with one attached hydrogen (secondary N) is 1. The summed E-state index contributed by atoms with van der Waals surface area (Å²) in [6.07, 6.45) is 3.71. The van der Waals surface area contributed by atoms with Crippen LogP contribution in [0.3, 0.4) is 0 Å². The lowest BCUT2D eigenvalue weighted by Crippen LogP contribution is -2.54.